The number of nitrogens with zero attached hydrogens (tertiary/aromatic N) is 1. The third-order valence-electron chi connectivity index (χ3n) is 4.14. The molecule has 0 heterocycles. The van der Waals surface area contributed by atoms with Crippen LogP contribution >= 0.6 is 0 Å². The van der Waals surface area contributed by atoms with Crippen molar-refractivity contribution < 1.29 is 0 Å². The Balaban J connectivity index is 3.46. The van der Waals surface area contributed by atoms with E-state index in [-0.39, 0.29) is 0 Å². The lowest BCUT2D eigenvalue weighted by Crippen LogP contribution is -2.30. The average Bonchev–Trinajstić information content (AvgIpc) is 2.57. The fourth-order valence-corrected chi connectivity index (χ4v) is 2.72. The van der Waals surface area contributed by atoms with Gasteiger partial charge in [0.2, 0.25) is 0 Å². The maximum Gasteiger partial charge on any atom is -0.000663 e. The Morgan fingerprint density at radius 1 is 0.609 bits per heavy atom. The van der Waals surface area contributed by atoms with Gasteiger partial charge in [-0.25, -0.2) is 0 Å². The molecule has 0 bridgehead atoms. The highest BCUT2D eigenvalue weighted by Gasteiger charge is 2.03. The Morgan fingerprint density at radius 2 is 1.17 bits per heavy atom. The van der Waals surface area contributed by atoms with Gasteiger partial charge in [-0.2, -0.15) is 0 Å². The fraction of sp³-hybridized carbons (Fsp3) is 1.00. The topological polar surface area (TPSA) is 79.3 Å². The van der Waals surface area contributed by atoms with Crippen LogP contribution in [0.4, 0.5) is 0 Å². The second-order valence-electron chi connectivity index (χ2n) is 6.35. The van der Waals surface area contributed by atoms with Gasteiger partial charge in [-0.15, -0.1) is 0 Å². The summed E-state index contributed by atoms with van der Waals surface area (Å²) >= 11 is 0. The molecule has 140 valence electrons. The highest BCUT2D eigenvalue weighted by atomic mass is 15.1. The molecule has 0 rings (SSSR count). The first-order valence-electron chi connectivity index (χ1n) is 9.89. The van der Waals surface area contributed by atoms with E-state index in [1.165, 1.54) is 51.6 Å². The quantitative estimate of drug-likeness (QED) is 0.270. The Hall–Kier alpha value is -0.200. The molecule has 0 aromatic rings. The van der Waals surface area contributed by atoms with Gasteiger partial charge in [-0.3, -0.25) is 0 Å². The van der Waals surface area contributed by atoms with Crippen LogP contribution in [-0.2, 0) is 0 Å². The maximum absolute atomic E-state index is 5.65. The molecular weight excluding hydrogens is 286 g/mol. The van der Waals surface area contributed by atoms with Crippen molar-refractivity contribution in [3.8, 4) is 0 Å². The van der Waals surface area contributed by atoms with E-state index in [9.17, 15) is 0 Å². The number of nitrogens with two attached hydrogens (primary N) is 2. The van der Waals surface area contributed by atoms with Crippen LogP contribution in [-0.4, -0.2) is 63.8 Å². The fourth-order valence-electron chi connectivity index (χ4n) is 2.72. The monoisotopic (exact) mass is 329 g/mol. The van der Waals surface area contributed by atoms with Crippen LogP contribution in [0.1, 0.15) is 58.3 Å². The van der Waals surface area contributed by atoms with Crippen LogP contribution in [0.5, 0.6) is 0 Å². The summed E-state index contributed by atoms with van der Waals surface area (Å²) < 4.78 is 0. The molecule has 0 aromatic carbocycles. The van der Waals surface area contributed by atoms with Gasteiger partial charge in [-0.1, -0.05) is 26.2 Å². The van der Waals surface area contributed by atoms with E-state index >= 15 is 0 Å². The van der Waals surface area contributed by atoms with E-state index in [2.05, 4.69) is 22.5 Å². The third-order valence-corrected chi connectivity index (χ3v) is 4.14. The van der Waals surface area contributed by atoms with E-state index < -0.39 is 0 Å². The minimum Gasteiger partial charge on any atom is -0.330 e. The highest BCUT2D eigenvalue weighted by Crippen LogP contribution is 2.05. The smallest absolute Gasteiger partial charge is 0.000663 e. The molecule has 0 saturated heterocycles. The van der Waals surface area contributed by atoms with Gasteiger partial charge in [0.1, 0.15) is 0 Å². The number of rotatable bonds is 19. The van der Waals surface area contributed by atoms with Gasteiger partial charge >= 0.3 is 0 Å². The number of hydrogen-bond donors (Lipinski definition) is 4. The van der Waals surface area contributed by atoms with Gasteiger partial charge in [0.15, 0.2) is 0 Å². The maximum atomic E-state index is 5.65. The van der Waals surface area contributed by atoms with E-state index in [0.717, 1.165) is 58.7 Å². The molecule has 0 amide bonds. The minimum absolute atomic E-state index is 0.794. The standard InChI is InChI=1S/C18H43N5/c1-2-21-15-10-18-23(17-9-12-20)16-7-5-3-4-6-13-22-14-8-11-19/h21-22H,2-20H2,1H3. The van der Waals surface area contributed by atoms with Crippen molar-refractivity contribution >= 4 is 0 Å². The van der Waals surface area contributed by atoms with Crippen molar-refractivity contribution in [1.82, 2.24) is 15.5 Å². The largest absolute Gasteiger partial charge is 0.330 e. The van der Waals surface area contributed by atoms with Crippen molar-refractivity contribution in [2.75, 3.05) is 58.9 Å². The number of hydrogen-bond acceptors (Lipinski definition) is 5. The summed E-state index contributed by atoms with van der Waals surface area (Å²) in [7, 11) is 0. The van der Waals surface area contributed by atoms with Gasteiger partial charge in [0.05, 0.1) is 0 Å². The van der Waals surface area contributed by atoms with Crippen molar-refractivity contribution in [3.63, 3.8) is 0 Å². The molecule has 0 fully saturated rings. The summed E-state index contributed by atoms with van der Waals surface area (Å²) in [5.41, 5.74) is 11.1. The van der Waals surface area contributed by atoms with Crippen molar-refractivity contribution in [3.05, 3.63) is 0 Å². The molecule has 0 saturated carbocycles. The molecule has 0 unspecified atom stereocenters. The van der Waals surface area contributed by atoms with Crippen LogP contribution < -0.4 is 22.1 Å². The molecule has 0 aliphatic carbocycles. The average molecular weight is 330 g/mol. The van der Waals surface area contributed by atoms with E-state index in [1.807, 2.05) is 0 Å². The van der Waals surface area contributed by atoms with Crippen LogP contribution in [0.25, 0.3) is 0 Å². The molecule has 0 aliphatic rings. The first-order valence-corrected chi connectivity index (χ1v) is 9.89. The van der Waals surface area contributed by atoms with Crippen LogP contribution in [0.15, 0.2) is 0 Å². The van der Waals surface area contributed by atoms with Crippen molar-refractivity contribution in [2.45, 2.75) is 58.3 Å². The highest BCUT2D eigenvalue weighted by molar-refractivity contribution is 4.61. The van der Waals surface area contributed by atoms with E-state index in [0.29, 0.717) is 0 Å². The molecular formula is C18H43N5. The molecule has 5 heteroatoms. The molecule has 0 aliphatic heterocycles. The Kier molecular flexibility index (Phi) is 19.7. The van der Waals surface area contributed by atoms with Crippen LogP contribution in [0, 0.1) is 0 Å². The normalized spacial score (nSPS) is 11.5. The third kappa shape index (κ3) is 18.0. The van der Waals surface area contributed by atoms with Crippen molar-refractivity contribution in [2.24, 2.45) is 11.5 Å². The van der Waals surface area contributed by atoms with Gasteiger partial charge < -0.3 is 27.0 Å². The predicted molar refractivity (Wildman–Crippen MR) is 103 cm³/mol. The second-order valence-corrected chi connectivity index (χ2v) is 6.35. The minimum atomic E-state index is 0.794. The lowest BCUT2D eigenvalue weighted by molar-refractivity contribution is 0.261. The lowest BCUT2D eigenvalue weighted by Gasteiger charge is -2.22. The van der Waals surface area contributed by atoms with Crippen molar-refractivity contribution in [1.29, 1.82) is 0 Å². The summed E-state index contributed by atoms with van der Waals surface area (Å²) in [6.07, 6.45) is 10.1. The van der Waals surface area contributed by atoms with E-state index in [1.54, 1.807) is 0 Å². The first-order chi connectivity index (χ1) is 11.3. The number of unbranched alkanes of at least 4 members (excludes halogenated alkanes) is 4. The first kappa shape index (κ1) is 22.8. The summed E-state index contributed by atoms with van der Waals surface area (Å²) in [4.78, 5) is 2.60. The SMILES string of the molecule is CCNCCCN(CCCN)CCCCCCCNCCCN. The zero-order valence-electron chi connectivity index (χ0n) is 15.6. The van der Waals surface area contributed by atoms with Gasteiger partial charge in [0, 0.05) is 0 Å². The molecule has 5 nitrogen and oxygen atoms in total. The lowest BCUT2D eigenvalue weighted by atomic mass is 10.1. The predicted octanol–water partition coefficient (Wildman–Crippen LogP) is 1.53. The molecule has 0 spiro atoms. The molecule has 0 aromatic heterocycles. The van der Waals surface area contributed by atoms with E-state index in [4.69, 9.17) is 11.5 Å². The Bertz CT molecular complexity index is 214. The molecule has 0 atom stereocenters. The zero-order valence-corrected chi connectivity index (χ0v) is 15.6. The molecule has 0 radical (unpaired) electrons. The summed E-state index contributed by atoms with van der Waals surface area (Å²) in [5, 5.41) is 6.85. The van der Waals surface area contributed by atoms with Gasteiger partial charge in [-0.05, 0) is 91.0 Å². The molecule has 6 N–H and O–H groups in total. The molecule has 23 heavy (non-hydrogen) atoms. The summed E-state index contributed by atoms with van der Waals surface area (Å²) in [5.74, 6) is 0. The zero-order chi connectivity index (χ0) is 17.0. The second kappa shape index (κ2) is 19.8. The van der Waals surface area contributed by atoms with Gasteiger partial charge in [0.25, 0.3) is 0 Å². The van der Waals surface area contributed by atoms with Crippen LogP contribution in [0.2, 0.25) is 0 Å². The Labute approximate surface area is 144 Å². The number of nitrogens with one attached hydrogen (secondary N) is 2. The summed E-state index contributed by atoms with van der Waals surface area (Å²) in [6.45, 7) is 11.8. The summed E-state index contributed by atoms with van der Waals surface area (Å²) in [6, 6.07) is 0. The Morgan fingerprint density at radius 3 is 1.91 bits per heavy atom. The van der Waals surface area contributed by atoms with Crippen LogP contribution in [0.3, 0.4) is 0 Å².